The molecule has 0 unspecified atom stereocenters. The summed E-state index contributed by atoms with van der Waals surface area (Å²) in [5.74, 6) is 0.599. The molecule has 0 aliphatic carbocycles. The van der Waals surface area contributed by atoms with Crippen molar-refractivity contribution in [1.29, 1.82) is 0 Å². The number of aryl methyl sites for hydroxylation is 1. The fraction of sp³-hybridized carbons (Fsp3) is 0.0909. The van der Waals surface area contributed by atoms with Gasteiger partial charge in [0.1, 0.15) is 0 Å². The summed E-state index contributed by atoms with van der Waals surface area (Å²) in [4.78, 5) is 8.25. The Balaban J connectivity index is 2.15. The third kappa shape index (κ3) is 2.76. The molecular weight excluding hydrogens is 254 g/mol. The summed E-state index contributed by atoms with van der Waals surface area (Å²) >= 11 is 3.29. The molecule has 76 valence electrons. The maximum absolute atomic E-state index is 4.13. The minimum absolute atomic E-state index is 0.599. The molecule has 2 rings (SSSR count). The quantitative estimate of drug-likeness (QED) is 0.904. The summed E-state index contributed by atoms with van der Waals surface area (Å²) < 4.78 is 0.872. The van der Waals surface area contributed by atoms with Crippen molar-refractivity contribution in [3.63, 3.8) is 0 Å². The van der Waals surface area contributed by atoms with Crippen LogP contribution in [0, 0.1) is 6.92 Å². The van der Waals surface area contributed by atoms with Gasteiger partial charge in [0.15, 0.2) is 0 Å². The molecule has 0 saturated carbocycles. The van der Waals surface area contributed by atoms with E-state index in [0.717, 1.165) is 10.2 Å². The van der Waals surface area contributed by atoms with E-state index in [4.69, 9.17) is 0 Å². The molecule has 0 atom stereocenters. The van der Waals surface area contributed by atoms with Crippen LogP contribution in [-0.4, -0.2) is 9.97 Å². The van der Waals surface area contributed by atoms with Crippen molar-refractivity contribution in [3.8, 4) is 0 Å². The number of benzene rings is 1. The zero-order chi connectivity index (χ0) is 10.7. The highest BCUT2D eigenvalue weighted by Crippen LogP contribution is 2.14. The lowest BCUT2D eigenvalue weighted by Crippen LogP contribution is -1.95. The third-order valence-electron chi connectivity index (χ3n) is 1.93. The average molecular weight is 264 g/mol. The normalized spacial score (nSPS) is 10.0. The molecule has 0 amide bonds. The highest BCUT2D eigenvalue weighted by Gasteiger charge is 1.96. The lowest BCUT2D eigenvalue weighted by Gasteiger charge is -2.04. The van der Waals surface area contributed by atoms with E-state index in [-0.39, 0.29) is 0 Å². The first kappa shape index (κ1) is 10.1. The molecule has 1 aromatic carbocycles. The van der Waals surface area contributed by atoms with Crippen molar-refractivity contribution < 1.29 is 0 Å². The number of rotatable bonds is 2. The smallest absolute Gasteiger partial charge is 0.227 e. The number of halogens is 1. The standard InChI is InChI=1S/C11H10BrN3/c1-8-2-4-10(5-3-8)15-11-13-6-9(12)7-14-11/h2-7H,1H3,(H,13,14,15). The molecule has 0 bridgehead atoms. The van der Waals surface area contributed by atoms with Gasteiger partial charge in [-0.25, -0.2) is 9.97 Å². The van der Waals surface area contributed by atoms with Gasteiger partial charge in [0, 0.05) is 18.1 Å². The van der Waals surface area contributed by atoms with Crippen LogP contribution >= 0.6 is 15.9 Å². The summed E-state index contributed by atoms with van der Waals surface area (Å²) in [5.41, 5.74) is 2.22. The number of nitrogens with zero attached hydrogens (tertiary/aromatic N) is 2. The van der Waals surface area contributed by atoms with E-state index in [2.05, 4.69) is 38.1 Å². The Labute approximate surface area is 96.7 Å². The molecule has 0 saturated heterocycles. The predicted octanol–water partition coefficient (Wildman–Crippen LogP) is 3.29. The molecule has 0 aliphatic rings. The molecule has 4 heteroatoms. The summed E-state index contributed by atoms with van der Waals surface area (Å²) in [6.07, 6.45) is 3.42. The van der Waals surface area contributed by atoms with Gasteiger partial charge in [0.05, 0.1) is 4.47 Å². The van der Waals surface area contributed by atoms with Crippen molar-refractivity contribution >= 4 is 27.6 Å². The highest BCUT2D eigenvalue weighted by atomic mass is 79.9. The van der Waals surface area contributed by atoms with Gasteiger partial charge in [-0.2, -0.15) is 0 Å². The Morgan fingerprint density at radius 2 is 1.67 bits per heavy atom. The Morgan fingerprint density at radius 3 is 2.27 bits per heavy atom. The molecule has 1 heterocycles. The van der Waals surface area contributed by atoms with E-state index >= 15 is 0 Å². The minimum atomic E-state index is 0.599. The summed E-state index contributed by atoms with van der Waals surface area (Å²) in [6, 6.07) is 8.09. The van der Waals surface area contributed by atoms with Gasteiger partial charge in [-0.3, -0.25) is 0 Å². The Kier molecular flexibility index (Phi) is 2.97. The van der Waals surface area contributed by atoms with Gasteiger partial charge in [-0.05, 0) is 35.0 Å². The van der Waals surface area contributed by atoms with E-state index in [1.54, 1.807) is 12.4 Å². The first-order chi connectivity index (χ1) is 7.24. The average Bonchev–Trinajstić information content (AvgIpc) is 2.25. The molecule has 3 nitrogen and oxygen atoms in total. The van der Waals surface area contributed by atoms with E-state index in [9.17, 15) is 0 Å². The second kappa shape index (κ2) is 4.40. The number of anilines is 2. The second-order valence-electron chi connectivity index (χ2n) is 3.22. The molecular formula is C11H10BrN3. The Hall–Kier alpha value is -1.42. The van der Waals surface area contributed by atoms with Crippen molar-refractivity contribution in [2.75, 3.05) is 5.32 Å². The van der Waals surface area contributed by atoms with E-state index in [1.165, 1.54) is 5.56 Å². The number of hydrogen-bond acceptors (Lipinski definition) is 3. The molecule has 1 aromatic heterocycles. The van der Waals surface area contributed by atoms with Gasteiger partial charge in [0.2, 0.25) is 5.95 Å². The van der Waals surface area contributed by atoms with Gasteiger partial charge in [0.25, 0.3) is 0 Å². The van der Waals surface area contributed by atoms with Gasteiger partial charge >= 0.3 is 0 Å². The van der Waals surface area contributed by atoms with Gasteiger partial charge < -0.3 is 5.32 Å². The number of hydrogen-bond donors (Lipinski definition) is 1. The van der Waals surface area contributed by atoms with Crippen LogP contribution in [0.5, 0.6) is 0 Å². The van der Waals surface area contributed by atoms with Crippen LogP contribution in [0.25, 0.3) is 0 Å². The molecule has 2 aromatic rings. The van der Waals surface area contributed by atoms with Gasteiger partial charge in [-0.15, -0.1) is 0 Å². The van der Waals surface area contributed by atoms with Crippen molar-refractivity contribution in [2.45, 2.75) is 6.92 Å². The first-order valence-corrected chi connectivity index (χ1v) is 5.34. The van der Waals surface area contributed by atoms with Crippen LogP contribution in [0.15, 0.2) is 41.1 Å². The minimum Gasteiger partial charge on any atom is -0.324 e. The molecule has 0 spiro atoms. The second-order valence-corrected chi connectivity index (χ2v) is 4.13. The first-order valence-electron chi connectivity index (χ1n) is 4.55. The van der Waals surface area contributed by atoms with E-state index < -0.39 is 0 Å². The molecule has 15 heavy (non-hydrogen) atoms. The summed E-state index contributed by atoms with van der Waals surface area (Å²) in [7, 11) is 0. The van der Waals surface area contributed by atoms with Crippen LogP contribution in [0.1, 0.15) is 5.56 Å². The third-order valence-corrected chi connectivity index (χ3v) is 2.34. The number of nitrogens with one attached hydrogen (secondary N) is 1. The van der Waals surface area contributed by atoms with Crippen molar-refractivity contribution in [3.05, 3.63) is 46.7 Å². The van der Waals surface area contributed by atoms with Crippen LogP contribution in [0.2, 0.25) is 0 Å². The van der Waals surface area contributed by atoms with E-state index in [1.807, 2.05) is 24.3 Å². The van der Waals surface area contributed by atoms with Crippen LogP contribution in [0.4, 0.5) is 11.6 Å². The SMILES string of the molecule is Cc1ccc(Nc2ncc(Br)cn2)cc1. The summed E-state index contributed by atoms with van der Waals surface area (Å²) in [5, 5.41) is 3.12. The molecule has 1 N–H and O–H groups in total. The van der Waals surface area contributed by atoms with Crippen molar-refractivity contribution in [2.24, 2.45) is 0 Å². The van der Waals surface area contributed by atoms with Gasteiger partial charge in [-0.1, -0.05) is 17.7 Å². The lowest BCUT2D eigenvalue weighted by atomic mass is 10.2. The Bertz CT molecular complexity index is 393. The largest absolute Gasteiger partial charge is 0.324 e. The maximum Gasteiger partial charge on any atom is 0.227 e. The molecule has 0 aliphatic heterocycles. The predicted molar refractivity (Wildman–Crippen MR) is 64.2 cm³/mol. The van der Waals surface area contributed by atoms with Crippen LogP contribution in [0.3, 0.4) is 0 Å². The van der Waals surface area contributed by atoms with Crippen molar-refractivity contribution in [1.82, 2.24) is 9.97 Å². The lowest BCUT2D eigenvalue weighted by molar-refractivity contribution is 1.15. The zero-order valence-corrected chi connectivity index (χ0v) is 9.82. The maximum atomic E-state index is 4.13. The fourth-order valence-electron chi connectivity index (χ4n) is 1.14. The van der Waals surface area contributed by atoms with Crippen LogP contribution < -0.4 is 5.32 Å². The molecule has 0 radical (unpaired) electrons. The zero-order valence-electron chi connectivity index (χ0n) is 8.24. The fourth-order valence-corrected chi connectivity index (χ4v) is 1.35. The highest BCUT2D eigenvalue weighted by molar-refractivity contribution is 9.10. The topological polar surface area (TPSA) is 37.8 Å². The monoisotopic (exact) mass is 263 g/mol. The summed E-state index contributed by atoms with van der Waals surface area (Å²) in [6.45, 7) is 2.06. The number of aromatic nitrogens is 2. The van der Waals surface area contributed by atoms with E-state index in [0.29, 0.717) is 5.95 Å². The Morgan fingerprint density at radius 1 is 1.07 bits per heavy atom. The van der Waals surface area contributed by atoms with Crippen LogP contribution in [-0.2, 0) is 0 Å². The molecule has 0 fully saturated rings.